The Labute approximate surface area is 112 Å². The molecule has 0 radical (unpaired) electrons. The first kappa shape index (κ1) is 14.2. The summed E-state index contributed by atoms with van der Waals surface area (Å²) in [7, 11) is 0. The summed E-state index contributed by atoms with van der Waals surface area (Å²) in [5.41, 5.74) is 4.14. The van der Waals surface area contributed by atoms with E-state index in [1.165, 1.54) is 0 Å². The Bertz CT molecular complexity index is 646. The quantitative estimate of drug-likeness (QED) is 0.659. The highest BCUT2D eigenvalue weighted by Crippen LogP contribution is 2.38. The van der Waals surface area contributed by atoms with Crippen LogP contribution >= 0.6 is 0 Å². The normalized spacial score (nSPS) is 11.8. The van der Waals surface area contributed by atoms with Crippen LogP contribution in [0.4, 0.5) is 23.4 Å². The molecule has 0 saturated heterocycles. The van der Waals surface area contributed by atoms with Gasteiger partial charge in [0.1, 0.15) is 17.3 Å². The third kappa shape index (κ3) is 2.28. The molecule has 1 aromatic heterocycles. The molecular formula is C12H12F4N4. The van der Waals surface area contributed by atoms with E-state index in [2.05, 4.69) is 4.98 Å². The van der Waals surface area contributed by atoms with Gasteiger partial charge in [-0.3, -0.25) is 0 Å². The second-order valence-corrected chi connectivity index (χ2v) is 4.17. The summed E-state index contributed by atoms with van der Waals surface area (Å²) < 4.78 is 53.0. The molecule has 0 atom stereocenters. The van der Waals surface area contributed by atoms with E-state index >= 15 is 0 Å². The molecule has 2 rings (SSSR count). The summed E-state index contributed by atoms with van der Waals surface area (Å²) in [6.07, 6.45) is -4.31. The van der Waals surface area contributed by atoms with Crippen molar-refractivity contribution in [2.24, 2.45) is 0 Å². The Morgan fingerprint density at radius 2 is 1.95 bits per heavy atom. The van der Waals surface area contributed by atoms with Crippen LogP contribution in [0.1, 0.15) is 18.3 Å². The van der Waals surface area contributed by atoms with Crippen LogP contribution in [0.3, 0.4) is 0 Å². The van der Waals surface area contributed by atoms with Gasteiger partial charge in [0, 0.05) is 12.0 Å². The van der Waals surface area contributed by atoms with E-state index in [-0.39, 0.29) is 17.1 Å². The van der Waals surface area contributed by atoms with Crippen molar-refractivity contribution in [2.75, 3.05) is 11.6 Å². The molecule has 108 valence electrons. The predicted octanol–water partition coefficient (Wildman–Crippen LogP) is 2.57. The van der Waals surface area contributed by atoms with Crippen molar-refractivity contribution in [3.05, 3.63) is 35.4 Å². The fourth-order valence-electron chi connectivity index (χ4n) is 1.90. The minimum Gasteiger partial charge on any atom is -0.382 e. The smallest absolute Gasteiger partial charge is 0.382 e. The van der Waals surface area contributed by atoms with E-state index in [9.17, 15) is 17.6 Å². The van der Waals surface area contributed by atoms with Crippen molar-refractivity contribution >= 4 is 5.82 Å². The van der Waals surface area contributed by atoms with Crippen molar-refractivity contribution in [2.45, 2.75) is 19.5 Å². The summed E-state index contributed by atoms with van der Waals surface area (Å²) in [4.78, 5) is 3.99. The molecule has 1 heterocycles. The second kappa shape index (κ2) is 4.69. The molecule has 0 fully saturated rings. The summed E-state index contributed by atoms with van der Waals surface area (Å²) in [5.74, 6) is 4.87. The first-order valence-electron chi connectivity index (χ1n) is 5.75. The third-order valence-corrected chi connectivity index (χ3v) is 2.88. The van der Waals surface area contributed by atoms with Gasteiger partial charge in [0.15, 0.2) is 5.82 Å². The van der Waals surface area contributed by atoms with E-state index in [0.29, 0.717) is 18.3 Å². The lowest BCUT2D eigenvalue weighted by Gasteiger charge is -2.12. The van der Waals surface area contributed by atoms with Gasteiger partial charge in [-0.05, 0) is 18.2 Å². The van der Waals surface area contributed by atoms with Crippen molar-refractivity contribution in [1.82, 2.24) is 9.66 Å². The zero-order valence-electron chi connectivity index (χ0n) is 10.5. The van der Waals surface area contributed by atoms with Crippen LogP contribution in [0, 0.1) is 5.82 Å². The molecule has 0 aliphatic carbocycles. The lowest BCUT2D eigenvalue weighted by molar-refractivity contribution is -0.137. The van der Waals surface area contributed by atoms with E-state index in [1.807, 2.05) is 0 Å². The molecule has 0 amide bonds. The number of hydrogen-bond donors (Lipinski definition) is 2. The average Bonchev–Trinajstić information content (AvgIpc) is 2.65. The van der Waals surface area contributed by atoms with Gasteiger partial charge in [-0.2, -0.15) is 13.2 Å². The van der Waals surface area contributed by atoms with E-state index < -0.39 is 17.6 Å². The molecular weight excluding hydrogens is 276 g/mol. The van der Waals surface area contributed by atoms with Crippen molar-refractivity contribution in [3.8, 4) is 11.3 Å². The largest absolute Gasteiger partial charge is 0.417 e. The molecule has 1 aromatic carbocycles. The maximum atomic E-state index is 13.1. The minimum atomic E-state index is -4.71. The molecule has 2 aromatic rings. The van der Waals surface area contributed by atoms with Gasteiger partial charge >= 0.3 is 6.18 Å². The topological polar surface area (TPSA) is 69.9 Å². The van der Waals surface area contributed by atoms with E-state index in [4.69, 9.17) is 11.6 Å². The molecule has 0 aliphatic rings. The Morgan fingerprint density at radius 1 is 1.30 bits per heavy atom. The standard InChI is InChI=1S/C12H12F4N4/c1-2-9-19-10(11(17)20(9)18)7-4-3-6(13)5-8(7)12(14,15)16/h3-5H,2,17-18H2,1H3. The maximum Gasteiger partial charge on any atom is 0.417 e. The van der Waals surface area contributed by atoms with Gasteiger partial charge < -0.3 is 11.6 Å². The van der Waals surface area contributed by atoms with Crippen LogP contribution in [0.2, 0.25) is 0 Å². The Balaban J connectivity index is 2.70. The first-order valence-corrected chi connectivity index (χ1v) is 5.75. The van der Waals surface area contributed by atoms with Gasteiger partial charge in [0.2, 0.25) is 0 Å². The number of nitrogen functional groups attached to an aromatic ring is 2. The zero-order valence-corrected chi connectivity index (χ0v) is 10.5. The highest BCUT2D eigenvalue weighted by molar-refractivity contribution is 5.74. The summed E-state index contributed by atoms with van der Waals surface area (Å²) in [6.45, 7) is 1.74. The molecule has 4 nitrogen and oxygen atoms in total. The van der Waals surface area contributed by atoms with Gasteiger partial charge in [0.05, 0.1) is 5.56 Å². The number of anilines is 1. The number of rotatable bonds is 2. The van der Waals surface area contributed by atoms with Gasteiger partial charge in [-0.15, -0.1) is 0 Å². The van der Waals surface area contributed by atoms with Gasteiger partial charge in [-0.1, -0.05) is 6.92 Å². The van der Waals surface area contributed by atoms with E-state index in [0.717, 1.165) is 16.8 Å². The number of hydrogen-bond acceptors (Lipinski definition) is 3. The zero-order chi connectivity index (χ0) is 15.1. The van der Waals surface area contributed by atoms with Crippen molar-refractivity contribution < 1.29 is 17.6 Å². The fourth-order valence-corrected chi connectivity index (χ4v) is 1.90. The average molecular weight is 288 g/mol. The second-order valence-electron chi connectivity index (χ2n) is 4.17. The highest BCUT2D eigenvalue weighted by atomic mass is 19.4. The fraction of sp³-hybridized carbons (Fsp3) is 0.250. The number of aromatic nitrogens is 2. The number of aryl methyl sites for hydroxylation is 1. The predicted molar refractivity (Wildman–Crippen MR) is 66.6 cm³/mol. The van der Waals surface area contributed by atoms with Crippen LogP contribution in [-0.4, -0.2) is 9.66 Å². The summed E-state index contributed by atoms with van der Waals surface area (Å²) in [6, 6.07) is 2.33. The number of imidazole rings is 1. The number of halogens is 4. The van der Waals surface area contributed by atoms with Gasteiger partial charge in [0.25, 0.3) is 0 Å². The number of nitrogens with two attached hydrogens (primary N) is 2. The number of nitrogens with zero attached hydrogens (tertiary/aromatic N) is 2. The number of alkyl halides is 3. The maximum absolute atomic E-state index is 13.1. The SMILES string of the molecule is CCc1nc(-c2ccc(F)cc2C(F)(F)F)c(N)n1N. The first-order chi connectivity index (χ1) is 9.25. The van der Waals surface area contributed by atoms with Crippen molar-refractivity contribution in [3.63, 3.8) is 0 Å². The molecule has 8 heteroatoms. The van der Waals surface area contributed by atoms with Crippen LogP contribution in [0.5, 0.6) is 0 Å². The van der Waals surface area contributed by atoms with Crippen LogP contribution in [0.15, 0.2) is 18.2 Å². The Morgan fingerprint density at radius 3 is 2.45 bits per heavy atom. The monoisotopic (exact) mass is 288 g/mol. The Hall–Kier alpha value is -2.25. The molecule has 0 spiro atoms. The molecule has 4 N–H and O–H groups in total. The van der Waals surface area contributed by atoms with E-state index in [1.54, 1.807) is 6.92 Å². The minimum absolute atomic E-state index is 0.0982. The molecule has 20 heavy (non-hydrogen) atoms. The lowest BCUT2D eigenvalue weighted by Crippen LogP contribution is -2.15. The molecule has 0 bridgehead atoms. The molecule has 0 saturated carbocycles. The van der Waals surface area contributed by atoms with Gasteiger partial charge in [-0.25, -0.2) is 14.1 Å². The number of benzene rings is 1. The molecule has 0 unspecified atom stereocenters. The molecule has 0 aliphatic heterocycles. The van der Waals surface area contributed by atoms with Crippen molar-refractivity contribution in [1.29, 1.82) is 0 Å². The highest BCUT2D eigenvalue weighted by Gasteiger charge is 2.35. The summed E-state index contributed by atoms with van der Waals surface area (Å²) >= 11 is 0. The Kier molecular flexibility index (Phi) is 3.33. The summed E-state index contributed by atoms with van der Waals surface area (Å²) in [5, 5.41) is 0. The van der Waals surface area contributed by atoms with Crippen LogP contribution in [-0.2, 0) is 12.6 Å². The third-order valence-electron chi connectivity index (χ3n) is 2.88. The van der Waals surface area contributed by atoms with Crippen LogP contribution < -0.4 is 11.6 Å². The van der Waals surface area contributed by atoms with Crippen LogP contribution in [0.25, 0.3) is 11.3 Å². The lowest BCUT2D eigenvalue weighted by atomic mass is 10.0.